The Labute approximate surface area is 126 Å². The first kappa shape index (κ1) is 14.3. The highest BCUT2D eigenvalue weighted by molar-refractivity contribution is 5.31. The van der Waals surface area contributed by atoms with Gasteiger partial charge in [0.15, 0.2) is 0 Å². The summed E-state index contributed by atoms with van der Waals surface area (Å²) in [6.07, 6.45) is 2.45. The fourth-order valence-electron chi connectivity index (χ4n) is 3.44. The molecule has 0 saturated carbocycles. The van der Waals surface area contributed by atoms with Crippen LogP contribution in [-0.4, -0.2) is 16.6 Å². The highest BCUT2D eigenvalue weighted by Gasteiger charge is 2.30. The SMILES string of the molecule is Cc1ccc(CN2CCCC2c2c(C)noc2C)cc1C. The third kappa shape index (κ3) is 2.75. The summed E-state index contributed by atoms with van der Waals surface area (Å²) in [6.45, 7) is 10.6. The normalized spacial score (nSPS) is 19.3. The number of aromatic nitrogens is 1. The van der Waals surface area contributed by atoms with Crippen LogP contribution in [0.4, 0.5) is 0 Å². The number of benzene rings is 1. The minimum atomic E-state index is 0.456. The summed E-state index contributed by atoms with van der Waals surface area (Å²) in [5, 5.41) is 4.13. The lowest BCUT2D eigenvalue weighted by atomic mass is 10.0. The Hall–Kier alpha value is -1.61. The second kappa shape index (κ2) is 5.64. The fourth-order valence-corrected chi connectivity index (χ4v) is 3.44. The van der Waals surface area contributed by atoms with E-state index in [4.69, 9.17) is 4.52 Å². The zero-order valence-corrected chi connectivity index (χ0v) is 13.4. The average Bonchev–Trinajstić information content (AvgIpc) is 3.01. The molecule has 1 atom stereocenters. The van der Waals surface area contributed by atoms with E-state index in [1.54, 1.807) is 0 Å². The predicted octanol–water partition coefficient (Wildman–Crippen LogP) is 4.25. The van der Waals surface area contributed by atoms with Crippen LogP contribution in [0.25, 0.3) is 0 Å². The van der Waals surface area contributed by atoms with Crippen LogP contribution in [-0.2, 0) is 6.54 Å². The van der Waals surface area contributed by atoms with Crippen molar-refractivity contribution in [3.8, 4) is 0 Å². The number of likely N-dealkylation sites (tertiary alicyclic amines) is 1. The van der Waals surface area contributed by atoms with Gasteiger partial charge in [-0.05, 0) is 63.8 Å². The summed E-state index contributed by atoms with van der Waals surface area (Å²) in [6, 6.07) is 7.26. The lowest BCUT2D eigenvalue weighted by molar-refractivity contribution is 0.245. The molecule has 0 bridgehead atoms. The molecule has 0 spiro atoms. The minimum Gasteiger partial charge on any atom is -0.361 e. The number of hydrogen-bond donors (Lipinski definition) is 0. The molecule has 1 aliphatic heterocycles. The first-order valence-corrected chi connectivity index (χ1v) is 7.79. The van der Waals surface area contributed by atoms with Crippen molar-refractivity contribution in [2.75, 3.05) is 6.54 Å². The molecule has 0 aliphatic carbocycles. The maximum atomic E-state index is 5.36. The van der Waals surface area contributed by atoms with Crippen molar-refractivity contribution in [2.24, 2.45) is 0 Å². The average molecular weight is 284 g/mol. The van der Waals surface area contributed by atoms with Crippen molar-refractivity contribution in [2.45, 2.75) is 53.1 Å². The molecule has 1 unspecified atom stereocenters. The lowest BCUT2D eigenvalue weighted by Crippen LogP contribution is -2.23. The molecular weight excluding hydrogens is 260 g/mol. The van der Waals surface area contributed by atoms with Crippen molar-refractivity contribution in [3.05, 3.63) is 51.9 Å². The van der Waals surface area contributed by atoms with Crippen molar-refractivity contribution in [1.82, 2.24) is 10.1 Å². The number of hydrogen-bond acceptors (Lipinski definition) is 3. The summed E-state index contributed by atoms with van der Waals surface area (Å²) < 4.78 is 5.36. The largest absolute Gasteiger partial charge is 0.361 e. The van der Waals surface area contributed by atoms with Crippen LogP contribution < -0.4 is 0 Å². The Morgan fingerprint density at radius 1 is 1.19 bits per heavy atom. The number of aryl methyl sites for hydroxylation is 4. The molecule has 0 radical (unpaired) electrons. The van der Waals surface area contributed by atoms with Gasteiger partial charge < -0.3 is 4.52 Å². The van der Waals surface area contributed by atoms with Crippen LogP contribution in [0.1, 0.15) is 52.6 Å². The smallest absolute Gasteiger partial charge is 0.138 e. The van der Waals surface area contributed by atoms with Gasteiger partial charge >= 0.3 is 0 Å². The van der Waals surface area contributed by atoms with Crippen molar-refractivity contribution < 1.29 is 4.52 Å². The molecule has 0 amide bonds. The Morgan fingerprint density at radius 2 is 2.00 bits per heavy atom. The predicted molar refractivity (Wildman–Crippen MR) is 84.3 cm³/mol. The standard InChI is InChI=1S/C18H24N2O/c1-12-7-8-16(10-13(12)2)11-20-9-5-6-17(20)18-14(3)19-21-15(18)4/h7-8,10,17H,5-6,9,11H2,1-4H3. The van der Waals surface area contributed by atoms with E-state index in [0.29, 0.717) is 6.04 Å². The Bertz CT molecular complexity index is 625. The first-order valence-electron chi connectivity index (χ1n) is 7.79. The van der Waals surface area contributed by atoms with Gasteiger partial charge in [-0.2, -0.15) is 0 Å². The summed E-state index contributed by atoms with van der Waals surface area (Å²) in [5.41, 5.74) is 6.49. The van der Waals surface area contributed by atoms with E-state index < -0.39 is 0 Å². The van der Waals surface area contributed by atoms with Gasteiger partial charge in [0.2, 0.25) is 0 Å². The van der Waals surface area contributed by atoms with E-state index in [9.17, 15) is 0 Å². The van der Waals surface area contributed by atoms with E-state index in [2.05, 4.69) is 49.0 Å². The first-order chi connectivity index (χ1) is 10.1. The van der Waals surface area contributed by atoms with E-state index in [1.165, 1.54) is 35.1 Å². The van der Waals surface area contributed by atoms with Crippen LogP contribution in [0.15, 0.2) is 22.7 Å². The van der Waals surface area contributed by atoms with Crippen LogP contribution in [0, 0.1) is 27.7 Å². The van der Waals surface area contributed by atoms with Crippen LogP contribution in [0.5, 0.6) is 0 Å². The zero-order chi connectivity index (χ0) is 15.0. The molecule has 3 heteroatoms. The Morgan fingerprint density at radius 3 is 2.67 bits per heavy atom. The topological polar surface area (TPSA) is 29.3 Å². The van der Waals surface area contributed by atoms with Gasteiger partial charge in [-0.3, -0.25) is 4.90 Å². The minimum absolute atomic E-state index is 0.456. The molecule has 1 fully saturated rings. The highest BCUT2D eigenvalue weighted by atomic mass is 16.5. The van der Waals surface area contributed by atoms with Crippen molar-refractivity contribution >= 4 is 0 Å². The maximum absolute atomic E-state index is 5.36. The number of nitrogens with zero attached hydrogens (tertiary/aromatic N) is 2. The molecule has 21 heavy (non-hydrogen) atoms. The van der Waals surface area contributed by atoms with Crippen LogP contribution in [0.3, 0.4) is 0 Å². The van der Waals surface area contributed by atoms with E-state index >= 15 is 0 Å². The molecule has 1 aromatic heterocycles. The second-order valence-electron chi connectivity index (χ2n) is 6.28. The van der Waals surface area contributed by atoms with Gasteiger partial charge in [-0.25, -0.2) is 0 Å². The quantitative estimate of drug-likeness (QED) is 0.844. The molecule has 2 aromatic rings. The molecule has 1 aliphatic rings. The number of rotatable bonds is 3. The summed E-state index contributed by atoms with van der Waals surface area (Å²) in [7, 11) is 0. The van der Waals surface area contributed by atoms with Crippen molar-refractivity contribution in [3.63, 3.8) is 0 Å². The Kier molecular flexibility index (Phi) is 3.85. The highest BCUT2D eigenvalue weighted by Crippen LogP contribution is 2.36. The molecule has 2 heterocycles. The molecule has 1 saturated heterocycles. The van der Waals surface area contributed by atoms with E-state index in [-0.39, 0.29) is 0 Å². The maximum Gasteiger partial charge on any atom is 0.138 e. The summed E-state index contributed by atoms with van der Waals surface area (Å²) in [5.74, 6) is 0.976. The van der Waals surface area contributed by atoms with E-state index in [1.807, 2.05) is 6.92 Å². The van der Waals surface area contributed by atoms with Gasteiger partial charge in [0.1, 0.15) is 5.76 Å². The van der Waals surface area contributed by atoms with Gasteiger partial charge in [-0.1, -0.05) is 23.4 Å². The monoisotopic (exact) mass is 284 g/mol. The Balaban J connectivity index is 1.83. The third-order valence-electron chi connectivity index (χ3n) is 4.74. The van der Waals surface area contributed by atoms with E-state index in [0.717, 1.165) is 24.5 Å². The van der Waals surface area contributed by atoms with Gasteiger partial charge in [0.25, 0.3) is 0 Å². The third-order valence-corrected chi connectivity index (χ3v) is 4.74. The van der Waals surface area contributed by atoms with Gasteiger partial charge in [0, 0.05) is 18.2 Å². The molecule has 3 rings (SSSR count). The molecule has 112 valence electrons. The fraction of sp³-hybridized carbons (Fsp3) is 0.500. The zero-order valence-electron chi connectivity index (χ0n) is 13.4. The second-order valence-corrected chi connectivity index (χ2v) is 6.28. The molecule has 0 N–H and O–H groups in total. The lowest BCUT2D eigenvalue weighted by Gasteiger charge is -2.24. The molecule has 3 nitrogen and oxygen atoms in total. The van der Waals surface area contributed by atoms with Crippen LogP contribution in [0.2, 0.25) is 0 Å². The molecule has 1 aromatic carbocycles. The van der Waals surface area contributed by atoms with Gasteiger partial charge in [-0.15, -0.1) is 0 Å². The van der Waals surface area contributed by atoms with Crippen molar-refractivity contribution in [1.29, 1.82) is 0 Å². The summed E-state index contributed by atoms with van der Waals surface area (Å²) in [4.78, 5) is 2.57. The molecular formula is C18H24N2O. The summed E-state index contributed by atoms with van der Waals surface area (Å²) >= 11 is 0. The van der Waals surface area contributed by atoms with Gasteiger partial charge in [0.05, 0.1) is 5.69 Å². The van der Waals surface area contributed by atoms with Crippen LogP contribution >= 0.6 is 0 Å².